The zero-order valence-electron chi connectivity index (χ0n) is 35.5. The number of carbonyl (C=O) groups is 2. The van der Waals surface area contributed by atoms with Gasteiger partial charge in [0.05, 0.1) is 26.4 Å². The zero-order chi connectivity index (χ0) is 42.9. The summed E-state index contributed by atoms with van der Waals surface area (Å²) in [5.41, 5.74) is 0.198. The number of pyridine rings is 1. The molecule has 15 nitrogen and oxygen atoms in total. The van der Waals surface area contributed by atoms with Gasteiger partial charge in [-0.05, 0) is 25.3 Å². The van der Waals surface area contributed by atoms with E-state index in [4.69, 9.17) is 28.3 Å². The molecule has 2 unspecified atom stereocenters. The molecule has 1 rings (SSSR count). The number of aliphatic imine (C=N–C) groups is 1. The topological polar surface area (TPSA) is 223 Å². The van der Waals surface area contributed by atoms with Crippen LogP contribution in [0.1, 0.15) is 185 Å². The van der Waals surface area contributed by atoms with Crippen LogP contribution >= 0.6 is 15.6 Å². The summed E-state index contributed by atoms with van der Waals surface area (Å²) in [7, 11) is -9.49. The second-order valence-electron chi connectivity index (χ2n) is 14.9. The molecule has 17 heteroatoms. The third kappa shape index (κ3) is 29.9. The first-order valence-electron chi connectivity index (χ1n) is 21.6. The second-order valence-corrected chi connectivity index (χ2v) is 17.6. The van der Waals surface area contributed by atoms with E-state index in [2.05, 4.69) is 28.3 Å². The van der Waals surface area contributed by atoms with Crippen molar-refractivity contribution in [2.75, 3.05) is 26.4 Å². The van der Waals surface area contributed by atoms with Crippen molar-refractivity contribution >= 4 is 33.8 Å². The Morgan fingerprint density at radius 3 is 1.71 bits per heavy atom. The third-order valence-corrected chi connectivity index (χ3v) is 11.0. The maximum Gasteiger partial charge on any atom is 0.472 e. The highest BCUT2D eigenvalue weighted by Gasteiger charge is 2.26. The number of rotatable bonds is 38. The van der Waals surface area contributed by atoms with Gasteiger partial charge in [0.15, 0.2) is 6.10 Å². The zero-order valence-corrected chi connectivity index (χ0v) is 37.2. The number of nitrogens with zero attached hydrogens (tertiary/aromatic N) is 2. The lowest BCUT2D eigenvalue weighted by atomic mass is 10.1. The molecule has 1 aromatic heterocycles. The van der Waals surface area contributed by atoms with Gasteiger partial charge in [0.2, 0.25) is 0 Å². The number of phosphoric ester groups is 2. The lowest BCUT2D eigenvalue weighted by molar-refractivity contribution is -0.270. The molecule has 2 atom stereocenters. The summed E-state index contributed by atoms with van der Waals surface area (Å²) in [5.74, 6) is -1.51. The molecular weight excluding hydrogens is 790 g/mol. The van der Waals surface area contributed by atoms with Gasteiger partial charge in [0, 0.05) is 36.5 Å². The second kappa shape index (κ2) is 33.5. The van der Waals surface area contributed by atoms with Gasteiger partial charge in [0.1, 0.15) is 6.61 Å². The number of hydrogen-bond donors (Lipinski definition) is 3. The Kier molecular flexibility index (Phi) is 31.1. The smallest absolute Gasteiger partial charge is 0.472 e. The Balaban J connectivity index is 2.60. The number of esters is 2. The molecule has 1 heterocycles. The van der Waals surface area contributed by atoms with E-state index in [1.54, 1.807) is 0 Å². The van der Waals surface area contributed by atoms with Crippen molar-refractivity contribution < 1.29 is 61.6 Å². The van der Waals surface area contributed by atoms with Gasteiger partial charge in [-0.1, -0.05) is 148 Å². The molecule has 0 saturated heterocycles. The van der Waals surface area contributed by atoms with E-state index in [9.17, 15) is 28.7 Å². The number of aryl methyl sites for hydroxylation is 1. The first kappa shape index (κ1) is 53.8. The molecule has 1 aromatic rings. The van der Waals surface area contributed by atoms with Crippen molar-refractivity contribution in [2.24, 2.45) is 4.99 Å². The average Bonchev–Trinajstić information content (AvgIpc) is 3.17. The van der Waals surface area contributed by atoms with E-state index in [-0.39, 0.29) is 42.8 Å². The fourth-order valence-corrected chi connectivity index (χ4v) is 7.17. The van der Waals surface area contributed by atoms with Crippen molar-refractivity contribution in [2.45, 2.75) is 188 Å². The number of hydrogen-bond acceptors (Lipinski definition) is 12. The maximum atomic E-state index is 12.7. The van der Waals surface area contributed by atoms with Gasteiger partial charge in [-0.25, -0.2) is 9.13 Å². The summed E-state index contributed by atoms with van der Waals surface area (Å²) in [6, 6.07) is 0. The first-order chi connectivity index (χ1) is 27.8. The normalized spacial score (nSPS) is 13.5. The van der Waals surface area contributed by atoms with Crippen LogP contribution in [0.15, 0.2) is 11.2 Å². The van der Waals surface area contributed by atoms with Gasteiger partial charge in [-0.3, -0.25) is 33.1 Å². The average molecular weight is 864 g/mol. The molecule has 0 bridgehead atoms. The summed E-state index contributed by atoms with van der Waals surface area (Å²) < 4.78 is 49.3. The van der Waals surface area contributed by atoms with E-state index in [1.807, 2.05) is 0 Å². The number of aromatic nitrogens is 1. The first-order valence-corrected chi connectivity index (χ1v) is 24.6. The highest BCUT2D eigenvalue weighted by molar-refractivity contribution is 7.47. The van der Waals surface area contributed by atoms with Crippen molar-refractivity contribution in [1.29, 1.82) is 0 Å². The standard InChI is InChI=1S/C41H74N2O13P2/c1-4-6-8-10-12-14-16-18-20-22-24-26-39(44)52-33-37(56-40(45)27-25-23-21-19-17-15-13-11-9-7-5-2)34-55-58(50,51)53-29-28-42-31-38-36(32-54-57(47,48)49)30-43-35(3)41(38)46/h30-31,37,46H,4-29,32-34H2,1-3H3,(H,50,51)(H2,47,48,49)/p-1. The molecule has 3 N–H and O–H groups in total. The van der Waals surface area contributed by atoms with E-state index < -0.39 is 59.3 Å². The van der Waals surface area contributed by atoms with Crippen LogP contribution in [0.4, 0.5) is 0 Å². The number of unbranched alkanes of at least 4 members (excludes halogenated alkanes) is 20. The Hall–Kier alpha value is -2.22. The highest BCUT2D eigenvalue weighted by Crippen LogP contribution is 2.43. The van der Waals surface area contributed by atoms with Crippen molar-refractivity contribution in [1.82, 2.24) is 4.98 Å². The Morgan fingerprint density at radius 2 is 1.21 bits per heavy atom. The quantitative estimate of drug-likeness (QED) is 0.0244. The highest BCUT2D eigenvalue weighted by atomic mass is 31.2. The molecule has 0 amide bonds. The fourth-order valence-electron chi connectivity index (χ4n) is 6.12. The molecular formula is C41H73N2O13P2-. The summed E-state index contributed by atoms with van der Waals surface area (Å²) in [5, 5.41) is 12.5. The Morgan fingerprint density at radius 1 is 0.724 bits per heavy atom. The SMILES string of the molecule is CCCCCCCCCCCCCC(=O)OCC(COP(=O)(O)OCCN=Cc1c(COP(=O)(O)O)cnc(C)c1[O-])OC(=O)CCCCCCCCCCCCC. The van der Waals surface area contributed by atoms with Crippen LogP contribution < -0.4 is 5.11 Å². The van der Waals surface area contributed by atoms with Crippen molar-refractivity contribution in [3.05, 3.63) is 23.0 Å². The predicted octanol–water partition coefficient (Wildman–Crippen LogP) is 9.48. The van der Waals surface area contributed by atoms with Gasteiger partial charge in [0.25, 0.3) is 0 Å². The lowest BCUT2D eigenvalue weighted by Gasteiger charge is -2.20. The predicted molar refractivity (Wildman–Crippen MR) is 222 cm³/mol. The van der Waals surface area contributed by atoms with Crippen LogP contribution in [0.25, 0.3) is 0 Å². The minimum Gasteiger partial charge on any atom is -0.871 e. The van der Waals surface area contributed by atoms with E-state index in [0.717, 1.165) is 44.7 Å². The third-order valence-electron chi connectivity index (χ3n) is 9.54. The summed E-state index contributed by atoms with van der Waals surface area (Å²) in [6.07, 6.45) is 26.7. The van der Waals surface area contributed by atoms with Gasteiger partial charge >= 0.3 is 27.6 Å². The van der Waals surface area contributed by atoms with Crippen LogP contribution in [-0.4, -0.2) is 70.3 Å². The van der Waals surface area contributed by atoms with Crippen LogP contribution in [0.5, 0.6) is 5.75 Å². The minimum atomic E-state index is -4.81. The van der Waals surface area contributed by atoms with E-state index in [0.29, 0.717) is 12.8 Å². The molecule has 0 aliphatic rings. The largest absolute Gasteiger partial charge is 0.871 e. The minimum absolute atomic E-state index is 0.0137. The summed E-state index contributed by atoms with van der Waals surface area (Å²) in [4.78, 5) is 61.5. The van der Waals surface area contributed by atoms with Crippen molar-refractivity contribution in [3.8, 4) is 5.75 Å². The fraction of sp³-hybridized carbons (Fsp3) is 0.805. The number of phosphoric acid groups is 2. The number of carbonyl (C=O) groups excluding carboxylic acids is 2. The molecule has 0 aliphatic carbocycles. The molecule has 0 fully saturated rings. The summed E-state index contributed by atoms with van der Waals surface area (Å²) in [6.45, 7) is 3.78. The van der Waals surface area contributed by atoms with Gasteiger partial charge < -0.3 is 29.3 Å². The lowest BCUT2D eigenvalue weighted by Crippen LogP contribution is -2.29. The monoisotopic (exact) mass is 863 g/mol. The van der Waals surface area contributed by atoms with Crippen molar-refractivity contribution in [3.63, 3.8) is 0 Å². The number of ether oxygens (including phenoxy) is 2. The van der Waals surface area contributed by atoms with Crippen LogP contribution in [0, 0.1) is 6.92 Å². The summed E-state index contributed by atoms with van der Waals surface area (Å²) >= 11 is 0. The molecule has 0 aliphatic heterocycles. The van der Waals surface area contributed by atoms with E-state index in [1.165, 1.54) is 103 Å². The van der Waals surface area contributed by atoms with E-state index >= 15 is 0 Å². The Bertz CT molecular complexity index is 1380. The molecule has 0 saturated carbocycles. The molecule has 0 spiro atoms. The van der Waals surface area contributed by atoms with Crippen LogP contribution in [-0.2, 0) is 48.4 Å². The maximum absolute atomic E-state index is 12.7. The molecule has 336 valence electrons. The molecule has 0 aromatic carbocycles. The van der Waals surface area contributed by atoms with Crippen LogP contribution in [0.3, 0.4) is 0 Å². The van der Waals surface area contributed by atoms with Gasteiger partial charge in [-0.2, -0.15) is 0 Å². The van der Waals surface area contributed by atoms with Gasteiger partial charge in [-0.15, -0.1) is 0 Å². The Labute approximate surface area is 347 Å². The van der Waals surface area contributed by atoms with Crippen LogP contribution in [0.2, 0.25) is 0 Å². The molecule has 0 radical (unpaired) electrons. The molecule has 58 heavy (non-hydrogen) atoms.